The maximum Gasteiger partial charge on any atom is 0.292 e. The maximum atomic E-state index is 12.8. The van der Waals surface area contributed by atoms with Crippen molar-refractivity contribution in [1.29, 1.82) is 0 Å². The molecule has 112 valence electrons. The molecule has 0 saturated carbocycles. The molecule has 0 bridgehead atoms. The molecule has 3 aromatic rings. The number of hydrogen-bond acceptors (Lipinski definition) is 5. The van der Waals surface area contributed by atoms with Crippen molar-refractivity contribution < 1.29 is 4.79 Å². The molecule has 0 unspecified atom stereocenters. The second-order valence-electron chi connectivity index (χ2n) is 5.04. The summed E-state index contributed by atoms with van der Waals surface area (Å²) in [5, 5.41) is 10.0. The normalized spacial score (nSPS) is 14.5. The van der Waals surface area contributed by atoms with Gasteiger partial charge in [-0.15, -0.1) is 11.3 Å². The second kappa shape index (κ2) is 5.06. The highest BCUT2D eigenvalue weighted by molar-refractivity contribution is 9.10. The van der Waals surface area contributed by atoms with Crippen LogP contribution in [0.1, 0.15) is 15.4 Å². The Bertz CT molecular complexity index is 873. The zero-order valence-corrected chi connectivity index (χ0v) is 14.1. The minimum absolute atomic E-state index is 0.110. The fourth-order valence-corrected chi connectivity index (χ4v) is 3.81. The van der Waals surface area contributed by atoms with E-state index >= 15 is 0 Å². The van der Waals surface area contributed by atoms with Crippen LogP contribution < -0.4 is 5.01 Å². The molecule has 0 fully saturated rings. The minimum atomic E-state index is -0.110. The van der Waals surface area contributed by atoms with Crippen molar-refractivity contribution in [2.24, 2.45) is 0 Å². The van der Waals surface area contributed by atoms with Crippen molar-refractivity contribution in [1.82, 2.24) is 19.6 Å². The standard InChI is InChI=1S/C14H12BrN5OS/c1-18-11-3-5-22-12(11)2-4-20(18)14(21)10-6-13-16-7-9(15)8-19(13)17-10/h3,5-8H,2,4H2,1H3. The van der Waals surface area contributed by atoms with E-state index in [4.69, 9.17) is 0 Å². The summed E-state index contributed by atoms with van der Waals surface area (Å²) in [7, 11) is 1.91. The van der Waals surface area contributed by atoms with Crippen molar-refractivity contribution in [3.8, 4) is 0 Å². The van der Waals surface area contributed by atoms with Gasteiger partial charge in [0.1, 0.15) is 0 Å². The summed E-state index contributed by atoms with van der Waals surface area (Å²) in [5.41, 5.74) is 2.15. The van der Waals surface area contributed by atoms with E-state index in [2.05, 4.69) is 31.4 Å². The van der Waals surface area contributed by atoms with Gasteiger partial charge in [-0.1, -0.05) is 0 Å². The Morgan fingerprint density at radius 2 is 2.32 bits per heavy atom. The average Bonchev–Trinajstić information content (AvgIpc) is 3.12. The van der Waals surface area contributed by atoms with Gasteiger partial charge in [-0.2, -0.15) is 5.10 Å². The van der Waals surface area contributed by atoms with E-state index in [1.807, 2.05) is 18.1 Å². The summed E-state index contributed by atoms with van der Waals surface area (Å²) >= 11 is 5.08. The molecule has 0 radical (unpaired) electrons. The molecule has 6 nitrogen and oxygen atoms in total. The summed E-state index contributed by atoms with van der Waals surface area (Å²) in [6.07, 6.45) is 4.35. The molecule has 1 amide bonds. The summed E-state index contributed by atoms with van der Waals surface area (Å²) < 4.78 is 2.43. The summed E-state index contributed by atoms with van der Waals surface area (Å²) in [5.74, 6) is -0.110. The summed E-state index contributed by atoms with van der Waals surface area (Å²) in [4.78, 5) is 18.3. The van der Waals surface area contributed by atoms with E-state index < -0.39 is 0 Å². The molecule has 3 aromatic heterocycles. The van der Waals surface area contributed by atoms with Crippen LogP contribution in [0.15, 0.2) is 34.4 Å². The molecule has 1 aliphatic heterocycles. The number of aromatic nitrogens is 3. The zero-order chi connectivity index (χ0) is 15.3. The third-order valence-electron chi connectivity index (χ3n) is 3.72. The first kappa shape index (κ1) is 13.7. The van der Waals surface area contributed by atoms with Crippen LogP contribution in [-0.4, -0.2) is 39.1 Å². The molecule has 0 saturated heterocycles. The summed E-state index contributed by atoms with van der Waals surface area (Å²) in [6.45, 7) is 0.661. The fraction of sp³-hybridized carbons (Fsp3) is 0.214. The molecule has 0 aromatic carbocycles. The number of carbonyl (C=O) groups excluding carboxylic acids is 1. The van der Waals surface area contributed by atoms with Crippen molar-refractivity contribution in [2.45, 2.75) is 6.42 Å². The fourth-order valence-electron chi connectivity index (χ4n) is 2.63. The minimum Gasteiger partial charge on any atom is -0.285 e. The van der Waals surface area contributed by atoms with Crippen LogP contribution in [0.2, 0.25) is 0 Å². The topological polar surface area (TPSA) is 53.7 Å². The number of anilines is 1. The molecule has 0 aliphatic carbocycles. The third-order valence-corrected chi connectivity index (χ3v) is 5.10. The lowest BCUT2D eigenvalue weighted by Gasteiger charge is -2.36. The predicted octanol–water partition coefficient (Wildman–Crippen LogP) is 2.60. The van der Waals surface area contributed by atoms with E-state index in [0.29, 0.717) is 17.9 Å². The first-order chi connectivity index (χ1) is 10.6. The van der Waals surface area contributed by atoms with Gasteiger partial charge in [0.05, 0.1) is 10.2 Å². The average molecular weight is 378 g/mol. The highest BCUT2D eigenvalue weighted by Crippen LogP contribution is 2.31. The van der Waals surface area contributed by atoms with Gasteiger partial charge in [0, 0.05) is 43.4 Å². The number of halogens is 1. The van der Waals surface area contributed by atoms with Crippen molar-refractivity contribution in [2.75, 3.05) is 18.6 Å². The molecular weight excluding hydrogens is 366 g/mol. The SMILES string of the molecule is CN1c2ccsc2CCN1C(=O)c1cc2ncc(Br)cn2n1. The second-order valence-corrected chi connectivity index (χ2v) is 6.95. The number of fused-ring (bicyclic) bond motifs is 2. The third kappa shape index (κ3) is 2.10. The van der Waals surface area contributed by atoms with Crippen LogP contribution in [0, 0.1) is 0 Å². The Hall–Kier alpha value is -1.93. The monoisotopic (exact) mass is 377 g/mol. The molecular formula is C14H12BrN5OS. The lowest BCUT2D eigenvalue weighted by atomic mass is 10.2. The number of carbonyl (C=O) groups is 1. The first-order valence-electron chi connectivity index (χ1n) is 6.76. The molecule has 0 N–H and O–H groups in total. The van der Waals surface area contributed by atoms with Gasteiger partial charge >= 0.3 is 0 Å². The van der Waals surface area contributed by atoms with Gasteiger partial charge in [0.25, 0.3) is 5.91 Å². The molecule has 8 heteroatoms. The molecule has 0 atom stereocenters. The van der Waals surface area contributed by atoms with Crippen LogP contribution in [0.25, 0.3) is 5.65 Å². The number of amides is 1. The number of hydrazine groups is 1. The Labute approximate surface area is 139 Å². The largest absolute Gasteiger partial charge is 0.292 e. The quantitative estimate of drug-likeness (QED) is 0.653. The van der Waals surface area contributed by atoms with Crippen molar-refractivity contribution in [3.63, 3.8) is 0 Å². The van der Waals surface area contributed by atoms with Gasteiger partial charge in [0.15, 0.2) is 11.3 Å². The van der Waals surface area contributed by atoms with E-state index in [1.54, 1.807) is 39.3 Å². The number of thiophene rings is 1. The van der Waals surface area contributed by atoms with E-state index in [-0.39, 0.29) is 5.91 Å². The number of rotatable bonds is 1. The highest BCUT2D eigenvalue weighted by atomic mass is 79.9. The van der Waals surface area contributed by atoms with E-state index in [9.17, 15) is 4.79 Å². The number of nitrogens with zero attached hydrogens (tertiary/aromatic N) is 5. The molecule has 22 heavy (non-hydrogen) atoms. The molecule has 1 aliphatic rings. The van der Waals surface area contributed by atoms with Crippen LogP contribution in [-0.2, 0) is 6.42 Å². The van der Waals surface area contributed by atoms with Gasteiger partial charge in [-0.3, -0.25) is 9.80 Å². The van der Waals surface area contributed by atoms with Crippen molar-refractivity contribution >= 4 is 44.5 Å². The molecule has 4 rings (SSSR count). The van der Waals surface area contributed by atoms with Gasteiger partial charge in [-0.25, -0.2) is 14.5 Å². The van der Waals surface area contributed by atoms with Gasteiger partial charge in [-0.05, 0) is 27.4 Å². The van der Waals surface area contributed by atoms with Crippen LogP contribution in [0.3, 0.4) is 0 Å². The molecule has 0 spiro atoms. The lowest BCUT2D eigenvalue weighted by molar-refractivity contribution is 0.0733. The van der Waals surface area contributed by atoms with Crippen molar-refractivity contribution in [3.05, 3.63) is 45.0 Å². The Morgan fingerprint density at radius 3 is 3.18 bits per heavy atom. The first-order valence-corrected chi connectivity index (χ1v) is 8.43. The van der Waals surface area contributed by atoms with E-state index in [1.165, 1.54) is 4.88 Å². The highest BCUT2D eigenvalue weighted by Gasteiger charge is 2.28. The van der Waals surface area contributed by atoms with Crippen LogP contribution >= 0.6 is 27.3 Å². The zero-order valence-electron chi connectivity index (χ0n) is 11.7. The predicted molar refractivity (Wildman–Crippen MR) is 88.1 cm³/mol. The van der Waals surface area contributed by atoms with E-state index in [0.717, 1.165) is 16.6 Å². The Morgan fingerprint density at radius 1 is 1.45 bits per heavy atom. The van der Waals surface area contributed by atoms with Gasteiger partial charge < -0.3 is 0 Å². The molecule has 4 heterocycles. The summed E-state index contributed by atoms with van der Waals surface area (Å²) in [6, 6.07) is 3.76. The Kier molecular flexibility index (Phi) is 3.16. The van der Waals surface area contributed by atoms with Gasteiger partial charge in [0.2, 0.25) is 0 Å². The number of hydrogen-bond donors (Lipinski definition) is 0. The smallest absolute Gasteiger partial charge is 0.285 e. The maximum absolute atomic E-state index is 12.8. The van der Waals surface area contributed by atoms with Crippen LogP contribution in [0.4, 0.5) is 5.69 Å². The van der Waals surface area contributed by atoms with Crippen LogP contribution in [0.5, 0.6) is 0 Å². The lowest BCUT2D eigenvalue weighted by Crippen LogP contribution is -2.48. The Balaban J connectivity index is 1.68.